The summed E-state index contributed by atoms with van der Waals surface area (Å²) < 4.78 is 16.9. The lowest BCUT2D eigenvalue weighted by molar-refractivity contribution is -0.122. The first-order valence-corrected chi connectivity index (χ1v) is 10.9. The van der Waals surface area contributed by atoms with Gasteiger partial charge in [-0.3, -0.25) is 19.8 Å². The normalized spacial score (nSPS) is 15.5. The maximum absolute atomic E-state index is 13.7. The molecule has 1 N–H and O–H groups in total. The lowest BCUT2D eigenvalue weighted by atomic mass is 10.1. The Balaban J connectivity index is 1.76. The first-order valence-electron chi connectivity index (χ1n) is 9.38. The summed E-state index contributed by atoms with van der Waals surface area (Å²) in [5, 5.41) is 2.44. The van der Waals surface area contributed by atoms with Crippen LogP contribution in [0.5, 0.6) is 0 Å². The fraction of sp³-hybridized carbons (Fsp3) is 0.0870. The zero-order valence-electron chi connectivity index (χ0n) is 16.6. The van der Waals surface area contributed by atoms with Crippen LogP contribution in [-0.2, 0) is 9.59 Å². The number of hydrogen-bond acceptors (Lipinski definition) is 3. The van der Waals surface area contributed by atoms with E-state index in [1.807, 2.05) is 44.2 Å². The van der Waals surface area contributed by atoms with Crippen LogP contribution in [0.25, 0.3) is 11.8 Å². The van der Waals surface area contributed by atoms with Gasteiger partial charge in [0.2, 0.25) is 0 Å². The fourth-order valence-electron chi connectivity index (χ4n) is 3.58. The molecular weight excluding hydrogens is 528 g/mol. The molecule has 2 heterocycles. The van der Waals surface area contributed by atoms with Crippen molar-refractivity contribution in [1.82, 2.24) is 9.88 Å². The number of nitrogens with one attached hydrogen (secondary N) is 1. The molecule has 3 aromatic rings. The van der Waals surface area contributed by atoms with Crippen molar-refractivity contribution in [2.45, 2.75) is 13.8 Å². The minimum Gasteiger partial charge on any atom is -0.318 e. The van der Waals surface area contributed by atoms with Crippen LogP contribution in [0.2, 0.25) is 0 Å². The molecule has 0 bridgehead atoms. The number of anilines is 1. The molecule has 0 unspecified atom stereocenters. The monoisotopic (exact) mass is 545 g/mol. The minimum atomic E-state index is -0.599. The van der Waals surface area contributed by atoms with E-state index in [-0.39, 0.29) is 16.4 Å². The van der Waals surface area contributed by atoms with E-state index in [0.29, 0.717) is 0 Å². The lowest BCUT2D eigenvalue weighted by Gasteiger charge is -2.28. The summed E-state index contributed by atoms with van der Waals surface area (Å²) in [6, 6.07) is 15.5. The predicted octanol–water partition coefficient (Wildman–Crippen LogP) is 4.67. The lowest BCUT2D eigenvalue weighted by Crippen LogP contribution is -2.54. The number of nitrogens with zero attached hydrogens (tertiary/aromatic N) is 2. The molecule has 0 aliphatic carbocycles. The van der Waals surface area contributed by atoms with Gasteiger partial charge in [0.1, 0.15) is 11.4 Å². The van der Waals surface area contributed by atoms with Crippen LogP contribution in [0, 0.1) is 23.2 Å². The molecule has 156 valence electrons. The van der Waals surface area contributed by atoms with Gasteiger partial charge < -0.3 is 4.57 Å². The third-order valence-corrected chi connectivity index (χ3v) is 6.03. The summed E-state index contributed by atoms with van der Waals surface area (Å²) in [5.74, 6) is -1.68. The number of rotatable bonds is 3. The minimum absolute atomic E-state index is 0.0688. The van der Waals surface area contributed by atoms with Gasteiger partial charge in [-0.25, -0.2) is 4.39 Å². The average molecular weight is 545 g/mol. The molecule has 1 saturated heterocycles. The summed E-state index contributed by atoms with van der Waals surface area (Å²) in [7, 11) is 0. The Hall–Kier alpha value is -2.85. The van der Waals surface area contributed by atoms with E-state index in [1.54, 1.807) is 12.1 Å². The number of carbonyl (C=O) groups is 2. The summed E-state index contributed by atoms with van der Waals surface area (Å²) in [4.78, 5) is 26.9. The van der Waals surface area contributed by atoms with Crippen molar-refractivity contribution in [1.29, 1.82) is 0 Å². The van der Waals surface area contributed by atoms with Gasteiger partial charge in [0.25, 0.3) is 11.8 Å². The van der Waals surface area contributed by atoms with Crippen LogP contribution in [-0.4, -0.2) is 21.5 Å². The van der Waals surface area contributed by atoms with E-state index >= 15 is 0 Å². The van der Waals surface area contributed by atoms with E-state index in [2.05, 4.69) is 32.5 Å². The van der Waals surface area contributed by atoms with Crippen molar-refractivity contribution in [3.05, 3.63) is 86.5 Å². The Bertz CT molecular complexity index is 1260. The van der Waals surface area contributed by atoms with Gasteiger partial charge in [-0.05, 0) is 109 Å². The first kappa shape index (κ1) is 21.4. The van der Waals surface area contributed by atoms with Crippen molar-refractivity contribution >= 4 is 63.5 Å². The van der Waals surface area contributed by atoms with Crippen LogP contribution in [0.1, 0.15) is 17.0 Å². The van der Waals surface area contributed by atoms with Crippen molar-refractivity contribution in [2.24, 2.45) is 0 Å². The number of aromatic nitrogens is 1. The van der Waals surface area contributed by atoms with Crippen LogP contribution in [0.4, 0.5) is 10.1 Å². The highest BCUT2D eigenvalue weighted by molar-refractivity contribution is 14.1. The van der Waals surface area contributed by atoms with E-state index in [9.17, 15) is 14.0 Å². The number of halogens is 2. The van der Waals surface area contributed by atoms with E-state index in [4.69, 9.17) is 12.2 Å². The predicted molar refractivity (Wildman–Crippen MR) is 131 cm³/mol. The second-order valence-corrected chi connectivity index (χ2v) is 8.71. The smallest absolute Gasteiger partial charge is 0.270 e. The number of amides is 2. The molecule has 8 heteroatoms. The topological polar surface area (TPSA) is 54.3 Å². The van der Waals surface area contributed by atoms with Crippen LogP contribution in [0.3, 0.4) is 0 Å². The molecule has 1 aliphatic heterocycles. The molecule has 1 aliphatic rings. The third kappa shape index (κ3) is 4.05. The molecule has 0 spiro atoms. The Morgan fingerprint density at radius 1 is 1.03 bits per heavy atom. The third-order valence-electron chi connectivity index (χ3n) is 5.02. The molecular formula is C23H17FIN3O2S. The molecule has 0 radical (unpaired) electrons. The van der Waals surface area contributed by atoms with Gasteiger partial charge in [-0.15, -0.1) is 0 Å². The van der Waals surface area contributed by atoms with Gasteiger partial charge in [-0.1, -0.05) is 6.07 Å². The average Bonchev–Trinajstić information content (AvgIpc) is 2.99. The summed E-state index contributed by atoms with van der Waals surface area (Å²) in [6.07, 6.45) is 1.55. The zero-order valence-corrected chi connectivity index (χ0v) is 19.6. The molecule has 31 heavy (non-hydrogen) atoms. The number of benzene rings is 2. The quantitative estimate of drug-likeness (QED) is 0.225. The number of carbonyl (C=O) groups excluding carboxylic acids is 2. The van der Waals surface area contributed by atoms with Crippen LogP contribution in [0.15, 0.2) is 60.2 Å². The molecule has 1 aromatic heterocycles. The molecule has 2 amide bonds. The van der Waals surface area contributed by atoms with E-state index in [0.717, 1.165) is 31.1 Å². The van der Waals surface area contributed by atoms with Gasteiger partial charge in [0.05, 0.1) is 5.69 Å². The van der Waals surface area contributed by atoms with Crippen LogP contribution >= 0.6 is 34.8 Å². The van der Waals surface area contributed by atoms with E-state index < -0.39 is 17.6 Å². The van der Waals surface area contributed by atoms with Gasteiger partial charge in [-0.2, -0.15) is 0 Å². The Labute approximate surface area is 197 Å². The molecule has 4 rings (SSSR count). The summed E-state index contributed by atoms with van der Waals surface area (Å²) in [5.41, 5.74) is 3.76. The van der Waals surface area contributed by atoms with Gasteiger partial charge >= 0.3 is 0 Å². The molecule has 5 nitrogen and oxygen atoms in total. The highest BCUT2D eigenvalue weighted by Gasteiger charge is 2.34. The van der Waals surface area contributed by atoms with Crippen molar-refractivity contribution in [3.63, 3.8) is 0 Å². The molecule has 2 aromatic carbocycles. The second-order valence-electron chi connectivity index (χ2n) is 7.08. The summed E-state index contributed by atoms with van der Waals surface area (Å²) >= 11 is 7.42. The molecule has 0 atom stereocenters. The maximum atomic E-state index is 13.7. The van der Waals surface area contributed by atoms with Gasteiger partial charge in [0, 0.05) is 20.6 Å². The van der Waals surface area contributed by atoms with Crippen molar-refractivity contribution < 1.29 is 14.0 Å². The Kier molecular flexibility index (Phi) is 5.76. The standard InChI is InChI=1S/C23H17FIN3O2S/c1-13-10-15(14(2)27(13)18-8-6-17(25)7-9-18)11-20-21(29)26-23(31)28(22(20)30)19-5-3-4-16(24)12-19/h3-12H,1-2H3,(H,26,29,31)/b20-11-. The fourth-order valence-corrected chi connectivity index (χ4v) is 4.22. The summed E-state index contributed by atoms with van der Waals surface area (Å²) in [6.45, 7) is 3.89. The highest BCUT2D eigenvalue weighted by atomic mass is 127. The van der Waals surface area contributed by atoms with Crippen LogP contribution < -0.4 is 10.2 Å². The van der Waals surface area contributed by atoms with Gasteiger partial charge in [0.15, 0.2) is 5.11 Å². The van der Waals surface area contributed by atoms with Crippen molar-refractivity contribution in [2.75, 3.05) is 4.90 Å². The van der Waals surface area contributed by atoms with Crippen molar-refractivity contribution in [3.8, 4) is 5.69 Å². The highest BCUT2D eigenvalue weighted by Crippen LogP contribution is 2.26. The number of aryl methyl sites for hydroxylation is 1. The van der Waals surface area contributed by atoms with E-state index in [1.165, 1.54) is 18.2 Å². The Morgan fingerprint density at radius 3 is 2.42 bits per heavy atom. The maximum Gasteiger partial charge on any atom is 0.270 e. The number of hydrogen-bond donors (Lipinski definition) is 1. The first-order chi connectivity index (χ1) is 14.8. The zero-order chi connectivity index (χ0) is 22.3. The molecule has 1 fully saturated rings. The SMILES string of the molecule is Cc1cc(/C=C2/C(=O)NC(=S)N(c3cccc(F)c3)C2=O)c(C)n1-c1ccc(I)cc1. The molecule has 0 saturated carbocycles. The number of thiocarbonyl (C=S) groups is 1. The Morgan fingerprint density at radius 2 is 1.74 bits per heavy atom. The second kappa shape index (κ2) is 8.35. The largest absolute Gasteiger partial charge is 0.318 e.